The van der Waals surface area contributed by atoms with E-state index in [4.69, 9.17) is 0 Å². The molecule has 3 heterocycles. The van der Waals surface area contributed by atoms with Crippen LogP contribution in [0.25, 0.3) is 27.9 Å². The highest BCUT2D eigenvalue weighted by Crippen LogP contribution is 2.31. The molecule has 0 amide bonds. The Morgan fingerprint density at radius 2 is 1.85 bits per heavy atom. The van der Waals surface area contributed by atoms with Crippen LogP contribution in [-0.4, -0.2) is 54.0 Å². The largest absolute Gasteiger partial charge is 0.355 e. The quantitative estimate of drug-likeness (QED) is 0.330. The van der Waals surface area contributed by atoms with E-state index in [2.05, 4.69) is 39.9 Å². The van der Waals surface area contributed by atoms with E-state index < -0.39 is 5.92 Å². The first kappa shape index (κ1) is 22.0. The highest BCUT2D eigenvalue weighted by atomic mass is 32.2. The summed E-state index contributed by atoms with van der Waals surface area (Å²) in [4.78, 5) is 7.67. The van der Waals surface area contributed by atoms with Crippen LogP contribution in [0.3, 0.4) is 0 Å². The maximum atomic E-state index is 14.8. The number of aromatic nitrogens is 3. The van der Waals surface area contributed by atoms with Crippen molar-refractivity contribution in [3.63, 3.8) is 0 Å². The fourth-order valence-electron chi connectivity index (χ4n) is 4.22. The van der Waals surface area contributed by atoms with Gasteiger partial charge in [-0.3, -0.25) is 4.90 Å². The molecular weight excluding hydrogens is 440 g/mol. The molecular formula is C25H26F2N5S+. The van der Waals surface area contributed by atoms with Crippen molar-refractivity contribution in [2.24, 2.45) is 0 Å². The van der Waals surface area contributed by atoms with Crippen LogP contribution in [0.4, 0.5) is 8.78 Å². The van der Waals surface area contributed by atoms with E-state index in [9.17, 15) is 8.78 Å². The molecule has 2 aromatic heterocycles. The van der Waals surface area contributed by atoms with Crippen LogP contribution in [0.15, 0.2) is 72.0 Å². The number of piperazine rings is 1. The highest BCUT2D eigenvalue weighted by molar-refractivity contribution is 7.98. The Balaban J connectivity index is 1.38. The summed E-state index contributed by atoms with van der Waals surface area (Å²) >= 11 is 1.70. The monoisotopic (exact) mass is 466 g/mol. The van der Waals surface area contributed by atoms with E-state index in [0.29, 0.717) is 13.1 Å². The van der Waals surface area contributed by atoms with Crippen LogP contribution in [0.1, 0.15) is 5.56 Å². The molecule has 1 aliphatic heterocycles. The predicted octanol–water partition coefficient (Wildman–Crippen LogP) is 4.20. The van der Waals surface area contributed by atoms with Gasteiger partial charge in [0.2, 0.25) is 0 Å². The number of benzene rings is 2. The number of aromatic amines is 1. The summed E-state index contributed by atoms with van der Waals surface area (Å²) in [5.41, 5.74) is 4.67. The summed E-state index contributed by atoms with van der Waals surface area (Å²) in [5, 5.41) is 6.43. The molecule has 1 aliphatic rings. The summed E-state index contributed by atoms with van der Waals surface area (Å²) in [7, 11) is 0. The number of thioether (sulfide) groups is 1. The highest BCUT2D eigenvalue weighted by Gasteiger charge is 2.34. The number of hydrogen-bond donors (Lipinski definition) is 2. The lowest BCUT2D eigenvalue weighted by atomic mass is 10.0. The van der Waals surface area contributed by atoms with Crippen molar-refractivity contribution >= 4 is 17.4 Å². The topological polar surface area (TPSA) is 48.1 Å². The van der Waals surface area contributed by atoms with Crippen molar-refractivity contribution in [3.8, 4) is 22.3 Å². The zero-order valence-corrected chi connectivity index (χ0v) is 19.2. The van der Waals surface area contributed by atoms with E-state index in [0.717, 1.165) is 41.0 Å². The van der Waals surface area contributed by atoms with E-state index in [1.807, 2.05) is 27.9 Å². The number of fused-ring (bicyclic) bond motifs is 1. The van der Waals surface area contributed by atoms with Crippen molar-refractivity contribution in [2.45, 2.75) is 10.8 Å². The third-order valence-electron chi connectivity index (χ3n) is 6.06. The Morgan fingerprint density at radius 1 is 1.06 bits per heavy atom. The van der Waals surface area contributed by atoms with Crippen molar-refractivity contribution in [1.29, 1.82) is 0 Å². The van der Waals surface area contributed by atoms with E-state index in [1.54, 1.807) is 30.1 Å². The first-order valence-electron chi connectivity index (χ1n) is 11.0. The van der Waals surface area contributed by atoms with Crippen molar-refractivity contribution in [2.75, 3.05) is 39.0 Å². The molecule has 4 aromatic rings. The van der Waals surface area contributed by atoms with Crippen LogP contribution >= 0.6 is 11.8 Å². The Hall–Kier alpha value is -2.81. The second-order valence-electron chi connectivity index (χ2n) is 8.26. The van der Waals surface area contributed by atoms with Gasteiger partial charge in [-0.05, 0) is 34.5 Å². The maximum absolute atomic E-state index is 14.8. The summed E-state index contributed by atoms with van der Waals surface area (Å²) in [6.45, 7) is 2.56. The molecule has 0 bridgehead atoms. The molecule has 1 saturated heterocycles. The molecule has 1 fully saturated rings. The van der Waals surface area contributed by atoms with Gasteiger partial charge in [0.15, 0.2) is 6.20 Å². The van der Waals surface area contributed by atoms with Crippen LogP contribution in [0.2, 0.25) is 0 Å². The van der Waals surface area contributed by atoms with E-state index in [-0.39, 0.29) is 12.1 Å². The minimum Gasteiger partial charge on any atom is -0.314 e. The molecule has 0 saturated carbocycles. The second-order valence-corrected chi connectivity index (χ2v) is 9.14. The van der Waals surface area contributed by atoms with Gasteiger partial charge < -0.3 is 5.32 Å². The molecule has 8 heteroatoms. The van der Waals surface area contributed by atoms with Gasteiger partial charge >= 0.3 is 5.65 Å². The van der Waals surface area contributed by atoms with E-state index in [1.165, 1.54) is 17.0 Å². The van der Waals surface area contributed by atoms with Gasteiger partial charge in [-0.2, -0.15) is 8.78 Å². The van der Waals surface area contributed by atoms with Gasteiger partial charge in [0.1, 0.15) is 6.20 Å². The molecule has 33 heavy (non-hydrogen) atoms. The van der Waals surface area contributed by atoms with Gasteiger partial charge in [0, 0.05) is 36.6 Å². The predicted molar refractivity (Wildman–Crippen MR) is 128 cm³/mol. The van der Waals surface area contributed by atoms with Crippen molar-refractivity contribution in [1.82, 2.24) is 20.3 Å². The number of nitrogens with one attached hydrogen (secondary N) is 2. The normalized spacial score (nSPS) is 15.2. The second kappa shape index (κ2) is 9.21. The number of H-pyrrole nitrogens is 1. The average Bonchev–Trinajstić information content (AvgIpc) is 3.28. The van der Waals surface area contributed by atoms with Crippen LogP contribution in [0, 0.1) is 0 Å². The van der Waals surface area contributed by atoms with Gasteiger partial charge in [-0.25, -0.2) is 5.10 Å². The summed E-state index contributed by atoms with van der Waals surface area (Å²) in [6, 6.07) is 14.9. The average molecular weight is 467 g/mol. The molecule has 2 N–H and O–H groups in total. The number of alkyl halides is 2. The molecule has 0 radical (unpaired) electrons. The number of halogens is 2. The molecule has 0 aliphatic carbocycles. The number of rotatable bonds is 6. The number of nitrogens with zero attached hydrogens (tertiary/aromatic N) is 3. The summed E-state index contributed by atoms with van der Waals surface area (Å²) in [5.74, 6) is -2.88. The Kier molecular flexibility index (Phi) is 6.14. The Bertz CT molecular complexity index is 1250. The summed E-state index contributed by atoms with van der Waals surface area (Å²) in [6.07, 6.45) is 7.72. The van der Waals surface area contributed by atoms with Crippen LogP contribution in [-0.2, 0) is 5.92 Å². The molecule has 0 unspecified atom stereocenters. The smallest absolute Gasteiger partial charge is 0.314 e. The maximum Gasteiger partial charge on any atom is 0.355 e. The molecule has 0 spiro atoms. The lowest BCUT2D eigenvalue weighted by Gasteiger charge is -2.30. The van der Waals surface area contributed by atoms with Crippen LogP contribution in [0.5, 0.6) is 0 Å². The zero-order valence-electron chi connectivity index (χ0n) is 18.4. The number of hydrogen-bond acceptors (Lipinski definition) is 4. The Morgan fingerprint density at radius 3 is 2.61 bits per heavy atom. The molecule has 2 aromatic carbocycles. The molecule has 170 valence electrons. The van der Waals surface area contributed by atoms with Gasteiger partial charge in [-0.1, -0.05) is 36.4 Å². The first-order valence-corrected chi connectivity index (χ1v) is 12.2. The standard InChI is InChI=1S/C25H25F2N5S/c1-33-22-4-2-3-19(13-22)23-15-30-32-16-20(14-29-24(23)32)18-5-7-21(8-6-18)25(26,27)17-31-11-9-28-10-12-31/h2-8,13-16,28H,9-12,17H2,1H3/p+1. The Labute approximate surface area is 195 Å². The molecule has 0 atom stereocenters. The van der Waals surface area contributed by atoms with Gasteiger partial charge in [0.25, 0.3) is 5.92 Å². The van der Waals surface area contributed by atoms with Crippen molar-refractivity contribution in [3.05, 3.63) is 72.7 Å². The molecule has 5 rings (SSSR count). The SMILES string of the molecule is CSc1cccc(-c2c[nH][n+]3cc(-c4ccc(C(F)(F)CN5CCNCC5)cc4)cnc23)c1. The zero-order chi connectivity index (χ0) is 22.8. The third-order valence-corrected chi connectivity index (χ3v) is 6.79. The minimum atomic E-state index is -2.88. The van der Waals surface area contributed by atoms with Crippen LogP contribution < -0.4 is 9.83 Å². The first-order chi connectivity index (χ1) is 16.0. The molecule has 5 nitrogen and oxygen atoms in total. The van der Waals surface area contributed by atoms with Gasteiger partial charge in [0.05, 0.1) is 23.9 Å². The summed E-state index contributed by atoms with van der Waals surface area (Å²) < 4.78 is 31.5. The van der Waals surface area contributed by atoms with Gasteiger partial charge in [-0.15, -0.1) is 16.3 Å². The fourth-order valence-corrected chi connectivity index (χ4v) is 4.68. The lowest BCUT2D eigenvalue weighted by molar-refractivity contribution is -0.578. The van der Waals surface area contributed by atoms with E-state index >= 15 is 0 Å². The fraction of sp³-hybridized carbons (Fsp3) is 0.280. The third kappa shape index (κ3) is 4.64. The lowest BCUT2D eigenvalue weighted by Crippen LogP contribution is -2.47. The van der Waals surface area contributed by atoms with Crippen molar-refractivity contribution < 1.29 is 13.3 Å². The minimum absolute atomic E-state index is 0.0438.